The van der Waals surface area contributed by atoms with Crippen molar-refractivity contribution >= 4 is 5.57 Å². The molecular formula is C11H11N. The zero-order chi connectivity index (χ0) is 9.14. The van der Waals surface area contributed by atoms with E-state index in [1.807, 2.05) is 38.1 Å². The molecule has 0 radical (unpaired) electrons. The Labute approximate surface area is 73.0 Å². The van der Waals surface area contributed by atoms with Crippen molar-refractivity contribution in [1.82, 2.24) is 0 Å². The van der Waals surface area contributed by atoms with Crippen LogP contribution in [-0.4, -0.2) is 0 Å². The van der Waals surface area contributed by atoms with Crippen LogP contribution in [0.2, 0.25) is 0 Å². The highest BCUT2D eigenvalue weighted by atomic mass is 14.2. The molecule has 1 heteroatoms. The van der Waals surface area contributed by atoms with E-state index in [1.54, 1.807) is 0 Å². The van der Waals surface area contributed by atoms with E-state index in [0.29, 0.717) is 5.57 Å². The van der Waals surface area contributed by atoms with Crippen molar-refractivity contribution in [2.75, 3.05) is 0 Å². The van der Waals surface area contributed by atoms with Crippen LogP contribution in [0.1, 0.15) is 16.7 Å². The number of nitriles is 1. The molecule has 1 rings (SSSR count). The Morgan fingerprint density at radius 3 is 2.50 bits per heavy atom. The van der Waals surface area contributed by atoms with Gasteiger partial charge in [0.05, 0.1) is 11.6 Å². The van der Waals surface area contributed by atoms with Crippen LogP contribution in [0.4, 0.5) is 0 Å². The number of hydrogen-bond donors (Lipinski definition) is 0. The minimum atomic E-state index is 0.526. The Morgan fingerprint density at radius 1 is 1.33 bits per heavy atom. The molecule has 0 heterocycles. The maximum Gasteiger partial charge on any atom is 0.0991 e. The topological polar surface area (TPSA) is 23.8 Å². The fourth-order valence-electron chi connectivity index (χ4n) is 0.994. The number of aryl methyl sites for hydroxylation is 2. The molecule has 0 spiro atoms. The van der Waals surface area contributed by atoms with Gasteiger partial charge in [-0.1, -0.05) is 24.8 Å². The zero-order valence-electron chi connectivity index (χ0n) is 7.39. The molecular weight excluding hydrogens is 146 g/mol. The summed E-state index contributed by atoms with van der Waals surface area (Å²) in [5, 5.41) is 8.60. The molecule has 0 atom stereocenters. The summed E-state index contributed by atoms with van der Waals surface area (Å²) in [7, 11) is 0. The van der Waals surface area contributed by atoms with E-state index in [0.717, 1.165) is 5.56 Å². The largest absolute Gasteiger partial charge is 0.192 e. The van der Waals surface area contributed by atoms with Crippen molar-refractivity contribution in [2.45, 2.75) is 13.8 Å². The Morgan fingerprint density at radius 2 is 2.00 bits per heavy atom. The summed E-state index contributed by atoms with van der Waals surface area (Å²) in [6, 6.07) is 7.95. The van der Waals surface area contributed by atoms with Crippen LogP contribution in [0.3, 0.4) is 0 Å². The van der Waals surface area contributed by atoms with Gasteiger partial charge in [0.15, 0.2) is 0 Å². The van der Waals surface area contributed by atoms with Crippen LogP contribution in [0.5, 0.6) is 0 Å². The fraction of sp³-hybridized carbons (Fsp3) is 0.182. The molecule has 0 unspecified atom stereocenters. The molecule has 0 aliphatic heterocycles. The monoisotopic (exact) mass is 157 g/mol. The summed E-state index contributed by atoms with van der Waals surface area (Å²) in [4.78, 5) is 0. The maximum absolute atomic E-state index is 8.60. The van der Waals surface area contributed by atoms with Crippen LogP contribution < -0.4 is 0 Å². The average molecular weight is 157 g/mol. The van der Waals surface area contributed by atoms with Gasteiger partial charge in [-0.3, -0.25) is 0 Å². The average Bonchev–Trinajstić information content (AvgIpc) is 2.08. The number of nitrogens with zero attached hydrogens (tertiary/aromatic N) is 1. The Hall–Kier alpha value is -1.55. The van der Waals surface area contributed by atoms with E-state index in [1.165, 1.54) is 11.1 Å². The van der Waals surface area contributed by atoms with Gasteiger partial charge in [-0.2, -0.15) is 5.26 Å². The van der Waals surface area contributed by atoms with Crippen molar-refractivity contribution in [2.24, 2.45) is 0 Å². The molecule has 1 nitrogen and oxygen atoms in total. The van der Waals surface area contributed by atoms with Gasteiger partial charge in [0.25, 0.3) is 0 Å². The van der Waals surface area contributed by atoms with Gasteiger partial charge in [0.2, 0.25) is 0 Å². The van der Waals surface area contributed by atoms with E-state index in [4.69, 9.17) is 5.26 Å². The Bertz CT molecular complexity index is 356. The standard InChI is InChI=1S/C11H11N/c1-8-4-5-11(6-9(8)2)10(3)7-12/h4-6H,3H2,1-2H3. The zero-order valence-corrected chi connectivity index (χ0v) is 7.39. The lowest BCUT2D eigenvalue weighted by molar-refractivity contribution is 1.33. The summed E-state index contributed by atoms with van der Waals surface area (Å²) in [5.74, 6) is 0. The van der Waals surface area contributed by atoms with Crippen LogP contribution in [0.15, 0.2) is 24.8 Å². The Kier molecular flexibility index (Phi) is 2.30. The fourth-order valence-corrected chi connectivity index (χ4v) is 0.994. The van der Waals surface area contributed by atoms with Crippen LogP contribution in [0, 0.1) is 25.2 Å². The predicted octanol–water partition coefficient (Wildman–Crippen LogP) is 2.84. The van der Waals surface area contributed by atoms with Crippen LogP contribution in [-0.2, 0) is 0 Å². The molecule has 0 amide bonds. The van der Waals surface area contributed by atoms with Gasteiger partial charge in [0.1, 0.15) is 0 Å². The van der Waals surface area contributed by atoms with Gasteiger partial charge < -0.3 is 0 Å². The highest BCUT2D eigenvalue weighted by Crippen LogP contribution is 2.15. The second-order valence-corrected chi connectivity index (χ2v) is 2.89. The van der Waals surface area contributed by atoms with E-state index >= 15 is 0 Å². The van der Waals surface area contributed by atoms with Crippen molar-refractivity contribution in [3.63, 3.8) is 0 Å². The molecule has 60 valence electrons. The molecule has 0 aliphatic carbocycles. The molecule has 1 aromatic carbocycles. The molecule has 0 saturated heterocycles. The quantitative estimate of drug-likeness (QED) is 0.575. The van der Waals surface area contributed by atoms with E-state index < -0.39 is 0 Å². The third-order valence-electron chi connectivity index (χ3n) is 1.99. The second-order valence-electron chi connectivity index (χ2n) is 2.89. The molecule has 0 saturated carbocycles. The molecule has 0 N–H and O–H groups in total. The van der Waals surface area contributed by atoms with Gasteiger partial charge in [-0.15, -0.1) is 0 Å². The first-order chi connectivity index (χ1) is 5.65. The van der Waals surface area contributed by atoms with E-state index in [-0.39, 0.29) is 0 Å². The van der Waals surface area contributed by atoms with Gasteiger partial charge in [-0.05, 0) is 30.5 Å². The highest BCUT2D eigenvalue weighted by molar-refractivity contribution is 5.75. The molecule has 12 heavy (non-hydrogen) atoms. The lowest BCUT2D eigenvalue weighted by Crippen LogP contribution is -1.84. The minimum Gasteiger partial charge on any atom is -0.192 e. The smallest absolute Gasteiger partial charge is 0.0991 e. The van der Waals surface area contributed by atoms with Crippen molar-refractivity contribution < 1.29 is 0 Å². The first-order valence-electron chi connectivity index (χ1n) is 3.82. The van der Waals surface area contributed by atoms with Crippen molar-refractivity contribution in [1.29, 1.82) is 5.26 Å². The molecule has 1 aromatic rings. The van der Waals surface area contributed by atoms with Gasteiger partial charge >= 0.3 is 0 Å². The maximum atomic E-state index is 8.60. The van der Waals surface area contributed by atoms with Gasteiger partial charge in [0, 0.05) is 0 Å². The summed E-state index contributed by atoms with van der Waals surface area (Å²) >= 11 is 0. The number of rotatable bonds is 1. The normalized spacial score (nSPS) is 9.08. The van der Waals surface area contributed by atoms with Gasteiger partial charge in [-0.25, -0.2) is 0 Å². The molecule has 0 aliphatic rings. The summed E-state index contributed by atoms with van der Waals surface area (Å²) in [5.41, 5.74) is 3.88. The number of allylic oxidation sites excluding steroid dienone is 1. The molecule has 0 fully saturated rings. The number of hydrogen-bond acceptors (Lipinski definition) is 1. The van der Waals surface area contributed by atoms with Crippen LogP contribution >= 0.6 is 0 Å². The van der Waals surface area contributed by atoms with E-state index in [2.05, 4.69) is 6.58 Å². The third kappa shape index (κ3) is 1.54. The minimum absolute atomic E-state index is 0.526. The third-order valence-corrected chi connectivity index (χ3v) is 1.99. The lowest BCUT2D eigenvalue weighted by Gasteiger charge is -2.01. The van der Waals surface area contributed by atoms with Crippen LogP contribution in [0.25, 0.3) is 5.57 Å². The SMILES string of the molecule is C=C(C#N)c1ccc(C)c(C)c1. The summed E-state index contributed by atoms with van der Waals surface area (Å²) in [6.45, 7) is 7.73. The molecule has 0 bridgehead atoms. The first kappa shape index (κ1) is 8.55. The van der Waals surface area contributed by atoms with Crippen molar-refractivity contribution in [3.8, 4) is 6.07 Å². The Balaban J connectivity index is 3.15. The summed E-state index contributed by atoms with van der Waals surface area (Å²) < 4.78 is 0. The number of benzene rings is 1. The highest BCUT2D eigenvalue weighted by Gasteiger charge is 1.98. The lowest BCUT2D eigenvalue weighted by atomic mass is 10.0. The second kappa shape index (κ2) is 3.23. The van der Waals surface area contributed by atoms with E-state index in [9.17, 15) is 0 Å². The predicted molar refractivity (Wildman–Crippen MR) is 50.6 cm³/mol. The molecule has 0 aromatic heterocycles. The summed E-state index contributed by atoms with van der Waals surface area (Å²) in [6.07, 6.45) is 0. The first-order valence-corrected chi connectivity index (χ1v) is 3.82. The van der Waals surface area contributed by atoms with Crippen molar-refractivity contribution in [3.05, 3.63) is 41.5 Å².